The van der Waals surface area contributed by atoms with Gasteiger partial charge in [0.05, 0.1) is 19.2 Å². The molecule has 52 heavy (non-hydrogen) atoms. The highest BCUT2D eigenvalue weighted by atomic mass is 16.5. The lowest BCUT2D eigenvalue weighted by Crippen LogP contribution is -2.69. The van der Waals surface area contributed by atoms with Gasteiger partial charge in [-0.2, -0.15) is 0 Å². The summed E-state index contributed by atoms with van der Waals surface area (Å²) in [6.45, 7) is 5.41. The van der Waals surface area contributed by atoms with Crippen LogP contribution in [0.5, 0.6) is 0 Å². The van der Waals surface area contributed by atoms with Crippen LogP contribution in [0.3, 0.4) is 0 Å². The summed E-state index contributed by atoms with van der Waals surface area (Å²) < 4.78 is 6.07. The highest BCUT2D eigenvalue weighted by Gasteiger charge is 2.48. The van der Waals surface area contributed by atoms with E-state index in [9.17, 15) is 29.7 Å². The van der Waals surface area contributed by atoms with Crippen LogP contribution in [0.4, 0.5) is 0 Å². The van der Waals surface area contributed by atoms with Gasteiger partial charge in [-0.05, 0) is 19.8 Å². The molecule has 0 unspecified atom stereocenters. The number of hydrogen-bond acceptors (Lipinski definition) is 8. The molecule has 1 heterocycles. The lowest BCUT2D eigenvalue weighted by Gasteiger charge is -2.47. The van der Waals surface area contributed by atoms with Crippen molar-refractivity contribution in [3.8, 4) is 0 Å². The molecule has 0 bridgehead atoms. The van der Waals surface area contributed by atoms with Crippen LogP contribution in [0, 0.1) is 0 Å². The Bertz CT molecular complexity index is 908. The van der Waals surface area contributed by atoms with Crippen LogP contribution < -0.4 is 16.4 Å². The van der Waals surface area contributed by atoms with E-state index in [1.807, 2.05) is 0 Å². The third-order valence-electron chi connectivity index (χ3n) is 10.4. The van der Waals surface area contributed by atoms with Crippen LogP contribution in [0.25, 0.3) is 0 Å². The van der Waals surface area contributed by atoms with Crippen LogP contribution >= 0.6 is 0 Å². The van der Waals surface area contributed by atoms with Crippen molar-refractivity contribution in [1.82, 2.24) is 15.5 Å². The predicted octanol–water partition coefficient (Wildman–Crippen LogP) is 6.38. The number of ether oxygens (including phenoxy) is 1. The normalized spacial score (nSPS) is 20.8. The minimum absolute atomic E-state index is 0.139. The van der Waals surface area contributed by atoms with E-state index in [0.29, 0.717) is 13.0 Å². The Balaban J connectivity index is 2.72. The van der Waals surface area contributed by atoms with E-state index in [1.54, 1.807) is 4.90 Å². The fraction of sp³-hybridized carbons (Fsp3) is 0.927. The van der Waals surface area contributed by atoms with Gasteiger partial charge in [-0.3, -0.25) is 14.4 Å². The molecule has 7 N–H and O–H groups in total. The Kier molecular flexibility index (Phi) is 29.3. The minimum atomic E-state index is -1.50. The Morgan fingerprint density at radius 3 is 1.52 bits per heavy atom. The summed E-state index contributed by atoms with van der Waals surface area (Å²) in [7, 11) is 0. The average Bonchev–Trinajstić information content (AvgIpc) is 3.13. The lowest BCUT2D eigenvalue weighted by molar-refractivity contribution is -0.231. The SMILES string of the molecule is CCCCCCCCCCCCCCCCCC(=O)N(CCCCCCCCCCCC)[C@@H]1O[C@H](CO)[C@H](O)[C@H](O)[C@H]1NC(=O)CNC(=O)[C@H](C)N. The molecule has 0 aromatic carbocycles. The molecule has 6 atom stereocenters. The fourth-order valence-corrected chi connectivity index (χ4v) is 7.04. The van der Waals surface area contributed by atoms with Gasteiger partial charge in [0, 0.05) is 13.0 Å². The number of nitrogens with zero attached hydrogens (tertiary/aromatic N) is 1. The third kappa shape index (κ3) is 21.8. The summed E-state index contributed by atoms with van der Waals surface area (Å²) in [5.74, 6) is -1.26. The largest absolute Gasteiger partial charge is 0.394 e. The van der Waals surface area contributed by atoms with Crippen LogP contribution in [0.15, 0.2) is 0 Å². The van der Waals surface area contributed by atoms with Crippen molar-refractivity contribution in [3.05, 3.63) is 0 Å². The summed E-state index contributed by atoms with van der Waals surface area (Å²) >= 11 is 0. The summed E-state index contributed by atoms with van der Waals surface area (Å²) in [6.07, 6.45) is 25.0. The predicted molar refractivity (Wildman–Crippen MR) is 209 cm³/mol. The first-order valence-corrected chi connectivity index (χ1v) is 21.4. The standard InChI is InChI=1S/C41H80N4O7/c1-4-6-8-10-12-14-16-17-18-19-20-21-23-25-27-29-36(48)45(30-28-26-24-22-15-13-11-9-7-5-2)41-37(39(50)38(49)34(32-46)52-41)44-35(47)31-43-40(51)33(3)42/h33-34,37-39,41,46,49-50H,4-32,42H2,1-3H3,(H,43,51)(H,44,47)/t33-,34+,37+,38-,39+,41+/m0/s1. The number of amides is 3. The number of aliphatic hydroxyl groups excluding tert-OH is 3. The molecule has 0 aromatic heterocycles. The molecular formula is C41H80N4O7. The van der Waals surface area contributed by atoms with Crippen LogP contribution in [0.2, 0.25) is 0 Å². The molecule has 1 aliphatic rings. The van der Waals surface area contributed by atoms with E-state index in [2.05, 4.69) is 24.5 Å². The molecule has 11 heteroatoms. The number of nitrogens with one attached hydrogen (secondary N) is 2. The molecule has 1 aliphatic heterocycles. The Hall–Kier alpha value is -1.79. The first kappa shape index (κ1) is 48.2. The van der Waals surface area contributed by atoms with Gasteiger partial charge in [0.1, 0.15) is 24.4 Å². The van der Waals surface area contributed by atoms with Gasteiger partial charge in [0.25, 0.3) is 0 Å². The molecule has 306 valence electrons. The number of hydrogen-bond donors (Lipinski definition) is 6. The van der Waals surface area contributed by atoms with E-state index in [4.69, 9.17) is 10.5 Å². The van der Waals surface area contributed by atoms with Gasteiger partial charge in [0.15, 0.2) is 6.23 Å². The molecule has 0 saturated carbocycles. The first-order valence-electron chi connectivity index (χ1n) is 21.4. The number of carbonyl (C=O) groups excluding carboxylic acids is 3. The Morgan fingerprint density at radius 1 is 0.673 bits per heavy atom. The number of aliphatic hydroxyl groups is 3. The summed E-state index contributed by atoms with van der Waals surface area (Å²) in [4.78, 5) is 40.2. The summed E-state index contributed by atoms with van der Waals surface area (Å²) in [6, 6.07) is -1.96. The Morgan fingerprint density at radius 2 is 1.10 bits per heavy atom. The minimum Gasteiger partial charge on any atom is -0.394 e. The van der Waals surface area contributed by atoms with Gasteiger partial charge in [-0.1, -0.05) is 162 Å². The molecule has 1 rings (SSSR count). The van der Waals surface area contributed by atoms with Crippen molar-refractivity contribution >= 4 is 17.7 Å². The number of rotatable bonds is 33. The van der Waals surface area contributed by atoms with Gasteiger partial charge in [-0.25, -0.2) is 0 Å². The van der Waals surface area contributed by atoms with E-state index >= 15 is 0 Å². The molecule has 11 nitrogen and oxygen atoms in total. The fourth-order valence-electron chi connectivity index (χ4n) is 7.04. The molecule has 1 saturated heterocycles. The highest BCUT2D eigenvalue weighted by molar-refractivity contribution is 5.87. The molecule has 0 spiro atoms. The monoisotopic (exact) mass is 741 g/mol. The molecule has 0 aromatic rings. The highest BCUT2D eigenvalue weighted by Crippen LogP contribution is 2.26. The van der Waals surface area contributed by atoms with E-state index < -0.39 is 55.0 Å². The van der Waals surface area contributed by atoms with Crippen LogP contribution in [-0.2, 0) is 19.1 Å². The molecule has 3 amide bonds. The first-order chi connectivity index (χ1) is 25.2. The van der Waals surface area contributed by atoms with E-state index in [0.717, 1.165) is 51.4 Å². The number of nitrogens with two attached hydrogens (primary N) is 1. The van der Waals surface area contributed by atoms with Gasteiger partial charge < -0.3 is 41.3 Å². The van der Waals surface area contributed by atoms with Crippen molar-refractivity contribution in [2.45, 2.75) is 224 Å². The molecule has 1 fully saturated rings. The molecular weight excluding hydrogens is 660 g/mol. The second kappa shape index (κ2) is 31.5. The second-order valence-electron chi connectivity index (χ2n) is 15.3. The molecule has 0 aliphatic carbocycles. The smallest absolute Gasteiger partial charge is 0.239 e. The topological polar surface area (TPSA) is 174 Å². The number of unbranched alkanes of at least 4 members (excludes halogenated alkanes) is 23. The zero-order chi connectivity index (χ0) is 38.4. The lowest BCUT2D eigenvalue weighted by atomic mass is 9.94. The quantitative estimate of drug-likeness (QED) is 0.0420. The van der Waals surface area contributed by atoms with E-state index in [1.165, 1.54) is 116 Å². The van der Waals surface area contributed by atoms with Crippen molar-refractivity contribution in [2.75, 3.05) is 19.7 Å². The van der Waals surface area contributed by atoms with Crippen molar-refractivity contribution in [3.63, 3.8) is 0 Å². The maximum absolute atomic E-state index is 13.8. The summed E-state index contributed by atoms with van der Waals surface area (Å²) in [5, 5.41) is 36.9. The van der Waals surface area contributed by atoms with E-state index in [-0.39, 0.29) is 12.5 Å². The average molecular weight is 741 g/mol. The second-order valence-corrected chi connectivity index (χ2v) is 15.3. The third-order valence-corrected chi connectivity index (χ3v) is 10.4. The van der Waals surface area contributed by atoms with Crippen LogP contribution in [-0.4, -0.2) is 94.3 Å². The zero-order valence-electron chi connectivity index (χ0n) is 33.5. The van der Waals surface area contributed by atoms with Crippen molar-refractivity contribution in [2.24, 2.45) is 5.73 Å². The van der Waals surface area contributed by atoms with Gasteiger partial charge in [-0.15, -0.1) is 0 Å². The maximum Gasteiger partial charge on any atom is 0.239 e. The molecule has 0 radical (unpaired) electrons. The van der Waals surface area contributed by atoms with Crippen LogP contribution in [0.1, 0.15) is 188 Å². The number of carbonyl (C=O) groups is 3. The van der Waals surface area contributed by atoms with Crippen molar-refractivity contribution in [1.29, 1.82) is 0 Å². The van der Waals surface area contributed by atoms with Gasteiger partial charge >= 0.3 is 0 Å². The Labute approximate surface area is 317 Å². The summed E-state index contributed by atoms with van der Waals surface area (Å²) in [5.41, 5.74) is 5.59. The zero-order valence-corrected chi connectivity index (χ0v) is 33.5. The van der Waals surface area contributed by atoms with Gasteiger partial charge in [0.2, 0.25) is 17.7 Å². The van der Waals surface area contributed by atoms with Crippen molar-refractivity contribution < 1.29 is 34.4 Å². The maximum atomic E-state index is 13.8.